The first-order chi connectivity index (χ1) is 7.08. The van der Waals surface area contributed by atoms with Crippen LogP contribution >= 0.6 is 0 Å². The van der Waals surface area contributed by atoms with Gasteiger partial charge in [-0.15, -0.1) is 0 Å². The number of esters is 1. The van der Waals surface area contributed by atoms with E-state index in [1.165, 1.54) is 0 Å². The number of carbonyl (C=O) groups excluding carboxylic acids is 1. The standard InChI is InChI=1S/C11H21NO3/c1-3-15-10(13)4-5-11(14)6-7-12-8-9(11)2/h9,12,14H,3-8H2,1-2H3. The van der Waals surface area contributed by atoms with Crippen LogP contribution in [0.4, 0.5) is 0 Å². The number of piperidine rings is 1. The molecule has 0 radical (unpaired) electrons. The Morgan fingerprint density at radius 1 is 1.67 bits per heavy atom. The molecule has 4 nitrogen and oxygen atoms in total. The Hall–Kier alpha value is -0.610. The van der Waals surface area contributed by atoms with E-state index in [1.807, 2.05) is 6.92 Å². The molecular formula is C11H21NO3. The van der Waals surface area contributed by atoms with Gasteiger partial charge in [0.05, 0.1) is 12.2 Å². The molecule has 0 aromatic carbocycles. The number of hydrogen-bond donors (Lipinski definition) is 2. The van der Waals surface area contributed by atoms with Crippen molar-refractivity contribution in [3.8, 4) is 0 Å². The highest BCUT2D eigenvalue weighted by Crippen LogP contribution is 2.28. The summed E-state index contributed by atoms with van der Waals surface area (Å²) in [7, 11) is 0. The summed E-state index contributed by atoms with van der Waals surface area (Å²) in [6.45, 7) is 5.86. The first-order valence-corrected chi connectivity index (χ1v) is 5.67. The second-order valence-electron chi connectivity index (χ2n) is 4.26. The molecule has 0 aliphatic carbocycles. The number of rotatable bonds is 4. The normalized spacial score (nSPS) is 31.3. The van der Waals surface area contributed by atoms with E-state index < -0.39 is 5.60 Å². The lowest BCUT2D eigenvalue weighted by molar-refractivity contribution is -0.145. The fraction of sp³-hybridized carbons (Fsp3) is 0.909. The van der Waals surface area contributed by atoms with E-state index >= 15 is 0 Å². The van der Waals surface area contributed by atoms with Gasteiger partial charge in [0.15, 0.2) is 0 Å². The molecule has 15 heavy (non-hydrogen) atoms. The van der Waals surface area contributed by atoms with Crippen molar-refractivity contribution in [2.24, 2.45) is 5.92 Å². The molecule has 0 bridgehead atoms. The number of hydrogen-bond acceptors (Lipinski definition) is 4. The Morgan fingerprint density at radius 2 is 2.40 bits per heavy atom. The average Bonchev–Trinajstić information content (AvgIpc) is 2.21. The number of aliphatic hydroxyl groups is 1. The smallest absolute Gasteiger partial charge is 0.305 e. The van der Waals surface area contributed by atoms with Crippen LogP contribution in [-0.4, -0.2) is 36.4 Å². The van der Waals surface area contributed by atoms with Crippen LogP contribution in [0.1, 0.15) is 33.1 Å². The molecule has 1 saturated heterocycles. The second-order valence-corrected chi connectivity index (χ2v) is 4.26. The summed E-state index contributed by atoms with van der Waals surface area (Å²) >= 11 is 0. The van der Waals surface area contributed by atoms with Gasteiger partial charge in [-0.1, -0.05) is 6.92 Å². The van der Waals surface area contributed by atoms with Crippen LogP contribution in [0.5, 0.6) is 0 Å². The lowest BCUT2D eigenvalue weighted by Crippen LogP contribution is -2.49. The summed E-state index contributed by atoms with van der Waals surface area (Å²) < 4.78 is 4.85. The van der Waals surface area contributed by atoms with Gasteiger partial charge in [-0.25, -0.2) is 0 Å². The minimum Gasteiger partial charge on any atom is -0.466 e. The third kappa shape index (κ3) is 3.47. The van der Waals surface area contributed by atoms with Crippen LogP contribution in [0.2, 0.25) is 0 Å². The van der Waals surface area contributed by atoms with Crippen LogP contribution < -0.4 is 5.32 Å². The molecule has 1 rings (SSSR count). The Balaban J connectivity index is 2.37. The Morgan fingerprint density at radius 3 is 3.00 bits per heavy atom. The van der Waals surface area contributed by atoms with Crippen molar-refractivity contribution in [2.75, 3.05) is 19.7 Å². The molecule has 2 atom stereocenters. The second kappa shape index (κ2) is 5.47. The molecule has 1 fully saturated rings. The Labute approximate surface area is 91.0 Å². The SMILES string of the molecule is CCOC(=O)CCC1(O)CCNCC1C. The van der Waals surface area contributed by atoms with Gasteiger partial charge >= 0.3 is 5.97 Å². The maximum Gasteiger partial charge on any atom is 0.305 e. The zero-order chi connectivity index (χ0) is 11.3. The fourth-order valence-corrected chi connectivity index (χ4v) is 1.98. The number of carbonyl (C=O) groups is 1. The molecule has 4 heteroatoms. The molecule has 0 amide bonds. The van der Waals surface area contributed by atoms with Crippen LogP contribution in [0.25, 0.3) is 0 Å². The molecular weight excluding hydrogens is 194 g/mol. The van der Waals surface area contributed by atoms with Crippen LogP contribution in [0, 0.1) is 5.92 Å². The van der Waals surface area contributed by atoms with Crippen LogP contribution in [-0.2, 0) is 9.53 Å². The van der Waals surface area contributed by atoms with Gasteiger partial charge in [-0.3, -0.25) is 4.79 Å². The van der Waals surface area contributed by atoms with Gasteiger partial charge in [0.1, 0.15) is 0 Å². The third-order valence-electron chi connectivity index (χ3n) is 3.17. The van der Waals surface area contributed by atoms with E-state index in [4.69, 9.17) is 4.74 Å². The molecule has 2 N–H and O–H groups in total. The van der Waals surface area contributed by atoms with Gasteiger partial charge in [0, 0.05) is 13.0 Å². The van der Waals surface area contributed by atoms with Gasteiger partial charge in [-0.2, -0.15) is 0 Å². The first-order valence-electron chi connectivity index (χ1n) is 5.67. The summed E-state index contributed by atoms with van der Waals surface area (Å²) in [5.41, 5.74) is -0.696. The zero-order valence-electron chi connectivity index (χ0n) is 9.58. The van der Waals surface area contributed by atoms with E-state index in [9.17, 15) is 9.90 Å². The van der Waals surface area contributed by atoms with Gasteiger partial charge in [0.25, 0.3) is 0 Å². The summed E-state index contributed by atoms with van der Waals surface area (Å²) in [5.74, 6) is -0.0164. The quantitative estimate of drug-likeness (QED) is 0.677. The van der Waals surface area contributed by atoms with Crippen molar-refractivity contribution in [3.63, 3.8) is 0 Å². The first kappa shape index (κ1) is 12.5. The molecule has 0 aromatic rings. The molecule has 1 aliphatic rings. The molecule has 0 aromatic heterocycles. The highest BCUT2D eigenvalue weighted by molar-refractivity contribution is 5.69. The lowest BCUT2D eigenvalue weighted by atomic mass is 9.79. The van der Waals surface area contributed by atoms with Crippen LogP contribution in [0.3, 0.4) is 0 Å². The molecule has 1 aliphatic heterocycles. The summed E-state index contributed by atoms with van der Waals surface area (Å²) in [6, 6.07) is 0. The third-order valence-corrected chi connectivity index (χ3v) is 3.17. The lowest BCUT2D eigenvalue weighted by Gasteiger charge is -2.38. The summed E-state index contributed by atoms with van der Waals surface area (Å²) in [4.78, 5) is 11.2. The summed E-state index contributed by atoms with van der Waals surface area (Å²) in [6.07, 6.45) is 1.54. The van der Waals surface area contributed by atoms with Gasteiger partial charge < -0.3 is 15.2 Å². The van der Waals surface area contributed by atoms with Crippen molar-refractivity contribution in [1.29, 1.82) is 0 Å². The molecule has 0 spiro atoms. The maximum absolute atomic E-state index is 11.2. The zero-order valence-corrected chi connectivity index (χ0v) is 9.58. The topological polar surface area (TPSA) is 58.6 Å². The predicted molar refractivity (Wildman–Crippen MR) is 57.5 cm³/mol. The van der Waals surface area contributed by atoms with Crippen molar-refractivity contribution < 1.29 is 14.6 Å². The highest BCUT2D eigenvalue weighted by atomic mass is 16.5. The maximum atomic E-state index is 11.2. The Kier molecular flexibility index (Phi) is 4.54. The minimum atomic E-state index is -0.696. The van der Waals surface area contributed by atoms with E-state index in [-0.39, 0.29) is 11.9 Å². The van der Waals surface area contributed by atoms with Crippen LogP contribution in [0.15, 0.2) is 0 Å². The Bertz CT molecular complexity index is 220. The largest absolute Gasteiger partial charge is 0.466 e. The van der Waals surface area contributed by atoms with Crippen molar-refractivity contribution >= 4 is 5.97 Å². The van der Waals surface area contributed by atoms with Gasteiger partial charge in [0.2, 0.25) is 0 Å². The summed E-state index contributed by atoms with van der Waals surface area (Å²) in [5, 5.41) is 13.5. The van der Waals surface area contributed by atoms with Crippen molar-refractivity contribution in [1.82, 2.24) is 5.32 Å². The predicted octanol–water partition coefficient (Wildman–Crippen LogP) is 0.690. The molecule has 88 valence electrons. The van der Waals surface area contributed by atoms with E-state index in [0.717, 1.165) is 13.1 Å². The van der Waals surface area contributed by atoms with Crippen molar-refractivity contribution in [2.45, 2.75) is 38.7 Å². The van der Waals surface area contributed by atoms with E-state index in [2.05, 4.69) is 5.32 Å². The number of ether oxygens (including phenoxy) is 1. The monoisotopic (exact) mass is 215 g/mol. The average molecular weight is 215 g/mol. The highest BCUT2D eigenvalue weighted by Gasteiger charge is 2.36. The minimum absolute atomic E-state index is 0.195. The number of nitrogens with one attached hydrogen (secondary N) is 1. The molecule has 2 unspecified atom stereocenters. The van der Waals surface area contributed by atoms with E-state index in [1.54, 1.807) is 6.92 Å². The van der Waals surface area contributed by atoms with Gasteiger partial charge in [-0.05, 0) is 32.2 Å². The molecule has 0 saturated carbocycles. The fourth-order valence-electron chi connectivity index (χ4n) is 1.98. The van der Waals surface area contributed by atoms with Crippen molar-refractivity contribution in [3.05, 3.63) is 0 Å². The van der Waals surface area contributed by atoms with E-state index in [0.29, 0.717) is 25.9 Å². The molecule has 1 heterocycles.